The van der Waals surface area contributed by atoms with Gasteiger partial charge in [-0.1, -0.05) is 48.3 Å². The second-order valence-electron chi connectivity index (χ2n) is 4.73. The van der Waals surface area contributed by atoms with E-state index < -0.39 is 0 Å². The van der Waals surface area contributed by atoms with E-state index in [-0.39, 0.29) is 5.91 Å². The van der Waals surface area contributed by atoms with Crippen molar-refractivity contribution in [3.8, 4) is 5.75 Å². The van der Waals surface area contributed by atoms with Crippen molar-refractivity contribution in [2.24, 2.45) is 5.10 Å². The van der Waals surface area contributed by atoms with E-state index in [0.717, 1.165) is 6.42 Å². The molecule has 23 heavy (non-hydrogen) atoms. The van der Waals surface area contributed by atoms with Crippen LogP contribution >= 0.6 is 23.2 Å². The molecule has 0 unspecified atom stereocenters. The molecule has 0 saturated heterocycles. The molecule has 0 saturated carbocycles. The summed E-state index contributed by atoms with van der Waals surface area (Å²) < 4.78 is 5.49. The molecule has 120 valence electrons. The van der Waals surface area contributed by atoms with Crippen LogP contribution in [0.5, 0.6) is 5.75 Å². The number of rotatable bonds is 6. The summed E-state index contributed by atoms with van der Waals surface area (Å²) in [5.41, 5.74) is 3.64. The second kappa shape index (κ2) is 8.56. The molecule has 2 aromatic rings. The minimum atomic E-state index is -0.290. The van der Waals surface area contributed by atoms with Gasteiger partial charge in [0.1, 0.15) is 0 Å². The zero-order chi connectivity index (χ0) is 16.7. The van der Waals surface area contributed by atoms with Gasteiger partial charge in [0, 0.05) is 5.56 Å². The number of ether oxygens (including phenoxy) is 1. The lowest BCUT2D eigenvalue weighted by Crippen LogP contribution is -2.17. The number of carbonyl (C=O) groups excluding carboxylic acids is 1. The van der Waals surface area contributed by atoms with E-state index in [2.05, 4.69) is 10.5 Å². The molecule has 0 spiro atoms. The summed E-state index contributed by atoms with van der Waals surface area (Å²) >= 11 is 12.3. The van der Waals surface area contributed by atoms with Crippen LogP contribution in [0.1, 0.15) is 29.3 Å². The molecule has 0 radical (unpaired) electrons. The number of nitrogens with zero attached hydrogens (tertiary/aromatic N) is 1. The lowest BCUT2D eigenvalue weighted by atomic mass is 10.2. The maximum absolute atomic E-state index is 11.8. The number of benzene rings is 2. The van der Waals surface area contributed by atoms with Crippen LogP contribution in [-0.4, -0.2) is 18.7 Å². The van der Waals surface area contributed by atoms with Crippen LogP contribution in [-0.2, 0) is 0 Å². The quantitative estimate of drug-likeness (QED) is 0.613. The third-order valence-corrected chi connectivity index (χ3v) is 3.45. The highest BCUT2D eigenvalue weighted by molar-refractivity contribution is 6.37. The molecule has 1 amide bonds. The van der Waals surface area contributed by atoms with Crippen molar-refractivity contribution >= 4 is 35.3 Å². The number of hydrogen-bond donors (Lipinski definition) is 1. The second-order valence-corrected chi connectivity index (χ2v) is 5.54. The summed E-state index contributed by atoms with van der Waals surface area (Å²) in [5.74, 6) is 0.169. The smallest absolute Gasteiger partial charge is 0.271 e. The van der Waals surface area contributed by atoms with E-state index in [1.54, 1.807) is 36.4 Å². The van der Waals surface area contributed by atoms with Gasteiger partial charge < -0.3 is 4.74 Å². The molecular formula is C17H16Cl2N2O2. The number of halogens is 2. The molecule has 2 rings (SSSR count). The molecule has 0 atom stereocenters. The van der Waals surface area contributed by atoms with Crippen LogP contribution in [0.2, 0.25) is 10.0 Å². The van der Waals surface area contributed by atoms with E-state index in [1.807, 2.05) is 13.0 Å². The van der Waals surface area contributed by atoms with Crippen molar-refractivity contribution in [2.45, 2.75) is 13.3 Å². The molecule has 0 aliphatic rings. The highest BCUT2D eigenvalue weighted by Gasteiger charge is 2.09. The van der Waals surface area contributed by atoms with E-state index in [4.69, 9.17) is 27.9 Å². The van der Waals surface area contributed by atoms with E-state index >= 15 is 0 Å². The first-order valence-electron chi connectivity index (χ1n) is 7.12. The first kappa shape index (κ1) is 17.3. The number of hydrazone groups is 1. The first-order chi connectivity index (χ1) is 11.1. The summed E-state index contributed by atoms with van der Waals surface area (Å²) in [6, 6.07) is 12.2. The predicted octanol–water partition coefficient (Wildman–Crippen LogP) is 4.55. The van der Waals surface area contributed by atoms with Gasteiger partial charge in [-0.15, -0.1) is 0 Å². The minimum absolute atomic E-state index is 0.290. The topological polar surface area (TPSA) is 50.7 Å². The Morgan fingerprint density at radius 2 is 1.87 bits per heavy atom. The van der Waals surface area contributed by atoms with Gasteiger partial charge in [-0.05, 0) is 36.2 Å². The van der Waals surface area contributed by atoms with Crippen molar-refractivity contribution in [2.75, 3.05) is 6.61 Å². The molecule has 0 aromatic heterocycles. The van der Waals surface area contributed by atoms with Crippen LogP contribution in [0.25, 0.3) is 0 Å². The molecule has 6 heteroatoms. The van der Waals surface area contributed by atoms with Crippen LogP contribution in [0.4, 0.5) is 0 Å². The maximum atomic E-state index is 11.8. The van der Waals surface area contributed by atoms with Gasteiger partial charge in [0.25, 0.3) is 5.91 Å². The lowest BCUT2D eigenvalue weighted by Gasteiger charge is -2.09. The summed E-state index contributed by atoms with van der Waals surface area (Å²) in [7, 11) is 0. The molecule has 1 N–H and O–H groups in total. The highest BCUT2D eigenvalue weighted by atomic mass is 35.5. The number of amides is 1. The fraction of sp³-hybridized carbons (Fsp3) is 0.176. The van der Waals surface area contributed by atoms with Crippen molar-refractivity contribution in [3.63, 3.8) is 0 Å². The standard InChI is InChI=1S/C17H16Cl2N2O2/c1-2-8-23-16-14(18)9-12(10-15(16)19)11-20-21-17(22)13-6-4-3-5-7-13/h3-7,9-11H,2,8H2,1H3,(H,21,22)/b20-11+. The maximum Gasteiger partial charge on any atom is 0.271 e. The molecular weight excluding hydrogens is 335 g/mol. The Balaban J connectivity index is 2.04. The number of nitrogens with one attached hydrogen (secondary N) is 1. The van der Waals surface area contributed by atoms with Crippen molar-refractivity contribution in [1.29, 1.82) is 0 Å². The fourth-order valence-electron chi connectivity index (χ4n) is 1.82. The zero-order valence-electron chi connectivity index (χ0n) is 12.6. The van der Waals surface area contributed by atoms with E-state index in [0.29, 0.717) is 33.5 Å². The Kier molecular flexibility index (Phi) is 6.44. The Morgan fingerprint density at radius 1 is 1.22 bits per heavy atom. The average molecular weight is 351 g/mol. The molecule has 0 bridgehead atoms. The Morgan fingerprint density at radius 3 is 2.48 bits per heavy atom. The van der Waals surface area contributed by atoms with Crippen LogP contribution in [0, 0.1) is 0 Å². The number of carbonyl (C=O) groups is 1. The van der Waals surface area contributed by atoms with Crippen LogP contribution in [0.3, 0.4) is 0 Å². The van der Waals surface area contributed by atoms with Crippen molar-refractivity contribution in [1.82, 2.24) is 5.43 Å². The van der Waals surface area contributed by atoms with Gasteiger partial charge in [-0.25, -0.2) is 5.43 Å². The van der Waals surface area contributed by atoms with Gasteiger partial charge in [-0.2, -0.15) is 5.10 Å². The minimum Gasteiger partial charge on any atom is -0.490 e. The molecule has 0 heterocycles. The summed E-state index contributed by atoms with van der Waals surface area (Å²) in [5, 5.41) is 4.72. The average Bonchev–Trinajstić information content (AvgIpc) is 2.55. The van der Waals surface area contributed by atoms with Gasteiger partial charge in [0.15, 0.2) is 5.75 Å². The van der Waals surface area contributed by atoms with Gasteiger partial charge in [-0.3, -0.25) is 4.79 Å². The van der Waals surface area contributed by atoms with Gasteiger partial charge >= 0.3 is 0 Å². The van der Waals surface area contributed by atoms with Crippen molar-refractivity contribution < 1.29 is 9.53 Å². The fourth-order valence-corrected chi connectivity index (χ4v) is 2.43. The third kappa shape index (κ3) is 4.98. The summed E-state index contributed by atoms with van der Waals surface area (Å²) in [6.07, 6.45) is 2.34. The zero-order valence-corrected chi connectivity index (χ0v) is 14.1. The third-order valence-electron chi connectivity index (χ3n) is 2.89. The van der Waals surface area contributed by atoms with Crippen LogP contribution < -0.4 is 10.2 Å². The predicted molar refractivity (Wildman–Crippen MR) is 93.8 cm³/mol. The molecule has 0 aliphatic carbocycles. The summed E-state index contributed by atoms with van der Waals surface area (Å²) in [4.78, 5) is 11.8. The highest BCUT2D eigenvalue weighted by Crippen LogP contribution is 2.33. The largest absolute Gasteiger partial charge is 0.490 e. The summed E-state index contributed by atoms with van der Waals surface area (Å²) in [6.45, 7) is 2.54. The normalized spacial score (nSPS) is 10.7. The van der Waals surface area contributed by atoms with Gasteiger partial charge in [0.05, 0.1) is 22.9 Å². The first-order valence-corrected chi connectivity index (χ1v) is 7.87. The SMILES string of the molecule is CCCOc1c(Cl)cc(/C=N/NC(=O)c2ccccc2)cc1Cl. The molecule has 2 aromatic carbocycles. The lowest BCUT2D eigenvalue weighted by molar-refractivity contribution is 0.0955. The monoisotopic (exact) mass is 350 g/mol. The molecule has 0 fully saturated rings. The Bertz CT molecular complexity index is 680. The van der Waals surface area contributed by atoms with E-state index in [9.17, 15) is 4.79 Å². The van der Waals surface area contributed by atoms with Crippen LogP contribution in [0.15, 0.2) is 47.6 Å². The van der Waals surface area contributed by atoms with Crippen molar-refractivity contribution in [3.05, 3.63) is 63.6 Å². The molecule has 4 nitrogen and oxygen atoms in total. The van der Waals surface area contributed by atoms with Gasteiger partial charge in [0.2, 0.25) is 0 Å². The Labute approximate surface area is 145 Å². The van der Waals surface area contributed by atoms with E-state index in [1.165, 1.54) is 6.21 Å². The number of hydrogen-bond acceptors (Lipinski definition) is 3. The Hall–Kier alpha value is -2.04. The molecule has 0 aliphatic heterocycles.